The van der Waals surface area contributed by atoms with Crippen LogP contribution in [0.15, 0.2) is 158 Å². The van der Waals surface area contributed by atoms with E-state index in [1.165, 1.54) is 32.3 Å². The fourth-order valence-corrected chi connectivity index (χ4v) is 11.0. The van der Waals surface area contributed by atoms with E-state index in [1.54, 1.807) is 0 Å². The van der Waals surface area contributed by atoms with Crippen LogP contribution >= 0.6 is 0 Å². The van der Waals surface area contributed by atoms with E-state index in [1.807, 2.05) is 6.20 Å². The second-order valence-electron chi connectivity index (χ2n) is 11.8. The maximum absolute atomic E-state index is 4.96. The molecule has 0 aliphatic rings. The molecule has 0 amide bonds. The molecule has 211 valence electrons. The number of benzene rings is 5. The predicted molar refractivity (Wildman–Crippen MR) is 185 cm³/mol. The van der Waals surface area contributed by atoms with Gasteiger partial charge in [0.2, 0.25) is 7.28 Å². The topological polar surface area (TPSA) is 17.8 Å². The van der Waals surface area contributed by atoms with Gasteiger partial charge in [0, 0.05) is 18.6 Å². The van der Waals surface area contributed by atoms with Gasteiger partial charge in [-0.05, 0) is 50.4 Å². The van der Waals surface area contributed by atoms with E-state index in [2.05, 4.69) is 177 Å². The summed E-state index contributed by atoms with van der Waals surface area (Å²) in [6.07, 6.45) is 6.06. The largest absolute Gasteiger partial charge is 0.345 e. The molecular formula is C39H38BN2Si. The molecule has 5 aromatic carbocycles. The number of rotatable bonds is 11. The van der Waals surface area contributed by atoms with Gasteiger partial charge in [-0.3, -0.25) is 4.98 Å². The molecule has 0 fully saturated rings. The average molecular weight is 574 g/mol. The average Bonchev–Trinajstić information content (AvgIpc) is 3.50. The first-order chi connectivity index (χ1) is 21.1. The zero-order chi connectivity index (χ0) is 29.5. The molecule has 1 heterocycles. The summed E-state index contributed by atoms with van der Waals surface area (Å²) in [7, 11) is -0.207. The fourth-order valence-electron chi connectivity index (χ4n) is 6.38. The Bertz CT molecular complexity index is 1640. The zero-order valence-electron chi connectivity index (χ0n) is 25.1. The summed E-state index contributed by atoms with van der Waals surface area (Å²) in [5.74, 6) is 0.699. The van der Waals surface area contributed by atoms with Crippen LogP contribution in [-0.2, 0) is 12.6 Å². The molecule has 0 saturated carbocycles. The normalized spacial score (nSPS) is 11.6. The fraction of sp³-hybridized carbons (Fsp3) is 0.154. The SMILES string of the molecule is CC(C)Cc1cccc([Si](Cn2ccnc2[B]C(c2ccccc2)c2ccccc2)(c2ccccc2)c2ccccc2)c1. The van der Waals surface area contributed by atoms with Crippen LogP contribution in [-0.4, -0.2) is 24.9 Å². The van der Waals surface area contributed by atoms with Crippen molar-refractivity contribution in [3.63, 3.8) is 0 Å². The van der Waals surface area contributed by atoms with Crippen molar-refractivity contribution in [2.45, 2.75) is 32.3 Å². The summed E-state index contributed by atoms with van der Waals surface area (Å²) in [4.78, 5) is 4.96. The highest BCUT2D eigenvalue weighted by Crippen LogP contribution is 2.23. The third kappa shape index (κ3) is 6.35. The molecule has 6 aromatic rings. The van der Waals surface area contributed by atoms with Gasteiger partial charge in [-0.15, -0.1) is 0 Å². The molecule has 0 saturated heterocycles. The van der Waals surface area contributed by atoms with E-state index in [0.29, 0.717) is 5.92 Å². The van der Waals surface area contributed by atoms with E-state index in [9.17, 15) is 0 Å². The Hall–Kier alpha value is -4.41. The predicted octanol–water partition coefficient (Wildman–Crippen LogP) is 5.91. The van der Waals surface area contributed by atoms with Gasteiger partial charge < -0.3 is 4.57 Å². The van der Waals surface area contributed by atoms with Crippen LogP contribution in [0.1, 0.15) is 36.4 Å². The lowest BCUT2D eigenvalue weighted by atomic mass is 9.58. The van der Waals surface area contributed by atoms with E-state index in [-0.39, 0.29) is 5.82 Å². The first-order valence-electron chi connectivity index (χ1n) is 15.3. The Kier molecular flexibility index (Phi) is 8.86. The number of hydrogen-bond donors (Lipinski definition) is 0. The standard InChI is InChI=1S/C39H38BN2Si/c1-31(2)28-32-16-15-25-37(29-32)43(35-21-11-5-12-22-35,36-23-13-6-14-24-36)30-42-27-26-41-39(42)40-38(33-17-7-3-8-18-33)34-19-9-4-10-20-34/h3-27,29,31,38H,28,30H2,1-2H3. The van der Waals surface area contributed by atoms with Crippen LogP contribution in [0.4, 0.5) is 0 Å². The van der Waals surface area contributed by atoms with E-state index >= 15 is 0 Å². The van der Waals surface area contributed by atoms with Gasteiger partial charge in [0.15, 0.2) is 8.07 Å². The summed E-state index contributed by atoms with van der Waals surface area (Å²) >= 11 is 0. The molecule has 0 N–H and O–H groups in total. The maximum atomic E-state index is 4.96. The highest BCUT2D eigenvalue weighted by atomic mass is 28.3. The molecule has 0 aliphatic carbocycles. The lowest BCUT2D eigenvalue weighted by Crippen LogP contribution is -2.70. The molecule has 2 nitrogen and oxygen atoms in total. The minimum Gasteiger partial charge on any atom is -0.345 e. The Balaban J connectivity index is 1.49. The van der Waals surface area contributed by atoms with Crippen molar-refractivity contribution in [2.75, 3.05) is 0 Å². The molecule has 0 atom stereocenters. The molecule has 0 aliphatic heterocycles. The molecular weight excluding hydrogens is 535 g/mol. The van der Waals surface area contributed by atoms with Crippen LogP contribution in [0, 0.1) is 5.92 Å². The Morgan fingerprint density at radius 1 is 0.628 bits per heavy atom. The molecule has 0 unspecified atom stereocenters. The van der Waals surface area contributed by atoms with Gasteiger partial charge >= 0.3 is 0 Å². The van der Waals surface area contributed by atoms with Crippen molar-refractivity contribution in [3.8, 4) is 0 Å². The summed E-state index contributed by atoms with van der Waals surface area (Å²) in [6, 6.07) is 53.3. The lowest BCUT2D eigenvalue weighted by molar-refractivity contribution is 0.647. The number of nitrogens with zero attached hydrogens (tertiary/aromatic N) is 2. The molecule has 0 bridgehead atoms. The Labute approximate surface area is 258 Å². The minimum atomic E-state index is -2.55. The Morgan fingerprint density at radius 2 is 1.14 bits per heavy atom. The number of imidazole rings is 1. The number of hydrogen-bond acceptors (Lipinski definition) is 1. The zero-order valence-corrected chi connectivity index (χ0v) is 26.1. The molecule has 6 rings (SSSR count). The van der Waals surface area contributed by atoms with E-state index in [4.69, 9.17) is 4.98 Å². The summed E-state index contributed by atoms with van der Waals surface area (Å²) in [6.45, 7) is 4.60. The minimum absolute atomic E-state index is 0.0995. The van der Waals surface area contributed by atoms with Crippen molar-refractivity contribution < 1.29 is 0 Å². The molecule has 1 aromatic heterocycles. The van der Waals surface area contributed by atoms with Gasteiger partial charge in [-0.2, -0.15) is 0 Å². The van der Waals surface area contributed by atoms with Crippen LogP contribution in [0.5, 0.6) is 0 Å². The second kappa shape index (κ2) is 13.3. The van der Waals surface area contributed by atoms with E-state index < -0.39 is 8.07 Å². The number of aromatic nitrogens is 2. The first-order valence-corrected chi connectivity index (χ1v) is 17.5. The van der Waals surface area contributed by atoms with Gasteiger partial charge in [0.05, 0.1) is 5.72 Å². The van der Waals surface area contributed by atoms with Gasteiger partial charge in [-0.25, -0.2) is 0 Å². The van der Waals surface area contributed by atoms with Crippen molar-refractivity contribution in [1.29, 1.82) is 0 Å². The highest BCUT2D eigenvalue weighted by molar-refractivity contribution is 7.10. The maximum Gasteiger partial charge on any atom is 0.215 e. The van der Waals surface area contributed by atoms with Crippen molar-refractivity contribution in [3.05, 3.63) is 175 Å². The highest BCUT2D eigenvalue weighted by Gasteiger charge is 2.40. The Morgan fingerprint density at radius 3 is 1.67 bits per heavy atom. The third-order valence-corrected chi connectivity index (χ3v) is 13.1. The molecule has 1 radical (unpaired) electrons. The van der Waals surface area contributed by atoms with Crippen LogP contribution < -0.4 is 21.3 Å². The summed E-state index contributed by atoms with van der Waals surface area (Å²) in [5, 5.41) is 4.25. The summed E-state index contributed by atoms with van der Waals surface area (Å²) in [5.41, 5.74) is 4.93. The van der Waals surface area contributed by atoms with Crippen LogP contribution in [0.25, 0.3) is 0 Å². The molecule has 43 heavy (non-hydrogen) atoms. The third-order valence-electron chi connectivity index (χ3n) is 8.39. The van der Waals surface area contributed by atoms with Crippen LogP contribution in [0.2, 0.25) is 0 Å². The van der Waals surface area contributed by atoms with Crippen molar-refractivity contribution in [2.24, 2.45) is 5.92 Å². The molecule has 4 heteroatoms. The van der Waals surface area contributed by atoms with Crippen molar-refractivity contribution in [1.82, 2.24) is 9.55 Å². The van der Waals surface area contributed by atoms with E-state index in [0.717, 1.165) is 18.3 Å². The summed E-state index contributed by atoms with van der Waals surface area (Å²) < 4.78 is 2.40. The van der Waals surface area contributed by atoms with Crippen LogP contribution in [0.3, 0.4) is 0 Å². The lowest BCUT2D eigenvalue weighted by Gasteiger charge is -2.35. The van der Waals surface area contributed by atoms with Gasteiger partial charge in [0.1, 0.15) is 0 Å². The van der Waals surface area contributed by atoms with Crippen molar-refractivity contribution >= 4 is 36.6 Å². The quantitative estimate of drug-likeness (QED) is 0.139. The second-order valence-corrected chi connectivity index (χ2v) is 15.7. The smallest absolute Gasteiger partial charge is 0.215 e. The first kappa shape index (κ1) is 28.7. The van der Waals surface area contributed by atoms with Gasteiger partial charge in [-0.1, -0.05) is 159 Å². The monoisotopic (exact) mass is 573 g/mol. The van der Waals surface area contributed by atoms with Gasteiger partial charge in [0.25, 0.3) is 0 Å². The molecule has 0 spiro atoms.